The molecule has 29 heavy (non-hydrogen) atoms. The Labute approximate surface area is 182 Å². The van der Waals surface area contributed by atoms with Crippen LogP contribution in [0.2, 0.25) is 0 Å². The number of nitrogens with zero attached hydrogens (tertiary/aromatic N) is 3. The van der Waals surface area contributed by atoms with Crippen molar-refractivity contribution < 1.29 is 16.0 Å². The van der Waals surface area contributed by atoms with E-state index in [4.69, 9.17) is 0 Å². The van der Waals surface area contributed by atoms with E-state index in [-0.39, 0.29) is 0 Å². The van der Waals surface area contributed by atoms with Gasteiger partial charge >= 0.3 is 81.4 Å². The fourth-order valence-corrected chi connectivity index (χ4v) is 2.96. The molecule has 0 unspecified atom stereocenters. The predicted octanol–water partition coefficient (Wildman–Crippen LogP) is 6.63. The van der Waals surface area contributed by atoms with Gasteiger partial charge in [0.05, 0.1) is 5.69 Å². The Morgan fingerprint density at radius 3 is 1.83 bits per heavy atom. The molecule has 0 atom stereocenters. The van der Waals surface area contributed by atoms with Crippen molar-refractivity contribution >= 4 is 21.7 Å². The first kappa shape index (κ1) is 22.7. The molecule has 0 saturated carbocycles. The first-order chi connectivity index (χ1) is 14.0. The van der Waals surface area contributed by atoms with Crippen molar-refractivity contribution in [1.82, 2.24) is 4.98 Å². The van der Waals surface area contributed by atoms with Crippen molar-refractivity contribution in [3.8, 4) is 0 Å². The Balaban J connectivity index is 0.000000221. The van der Waals surface area contributed by atoms with Gasteiger partial charge in [-0.3, -0.25) is 9.98 Å². The number of para-hydroxylation sites is 2. The number of hydrogen-bond donors (Lipinski definition) is 0. The Kier molecular flexibility index (Phi) is 9.49. The van der Waals surface area contributed by atoms with Crippen molar-refractivity contribution in [1.29, 1.82) is 0 Å². The molecule has 0 spiro atoms. The Bertz CT molecular complexity index is 959. The summed E-state index contributed by atoms with van der Waals surface area (Å²) in [5, 5.41) is 0. The Hall–Kier alpha value is -2.55. The minimum atomic E-state index is 0.857. The third-order valence-corrected chi connectivity index (χ3v) is 4.51. The molecule has 3 aromatic rings. The number of hydrogen-bond acceptors (Lipinski definition) is 3. The van der Waals surface area contributed by atoms with Crippen LogP contribution in [0.3, 0.4) is 0 Å². The van der Waals surface area contributed by atoms with Crippen LogP contribution in [-0.4, -0.2) is 15.3 Å². The number of pyridine rings is 1. The van der Waals surface area contributed by atoms with Crippen LogP contribution in [0.15, 0.2) is 83.0 Å². The van der Waals surface area contributed by atoms with E-state index < -0.39 is 0 Å². The molecular weight excluding hydrogens is 398 g/mol. The van der Waals surface area contributed by atoms with Crippen LogP contribution >= 0.6 is 0 Å². The fraction of sp³-hybridized carbons (Fsp3) is 0.240. The van der Waals surface area contributed by atoms with Gasteiger partial charge in [-0.05, 0) is 31.0 Å². The predicted molar refractivity (Wildman–Crippen MR) is 121 cm³/mol. The van der Waals surface area contributed by atoms with Gasteiger partial charge in [-0.15, -0.1) is 0 Å². The van der Waals surface area contributed by atoms with Gasteiger partial charge in [0.25, 0.3) is 0 Å². The zero-order chi connectivity index (χ0) is 21.1. The molecule has 1 heterocycles. The fourth-order valence-electron chi connectivity index (χ4n) is 2.82. The second-order valence-corrected chi connectivity index (χ2v) is 7.29. The van der Waals surface area contributed by atoms with Crippen LogP contribution in [0.25, 0.3) is 0 Å². The van der Waals surface area contributed by atoms with Gasteiger partial charge in [0.15, 0.2) is 0 Å². The van der Waals surface area contributed by atoms with Crippen molar-refractivity contribution in [2.45, 2.75) is 40.5 Å². The van der Waals surface area contributed by atoms with Crippen LogP contribution in [-0.2, 0) is 28.9 Å². The van der Waals surface area contributed by atoms with Crippen molar-refractivity contribution in [2.75, 3.05) is 0 Å². The van der Waals surface area contributed by atoms with Crippen LogP contribution in [0.4, 0.5) is 11.4 Å². The first-order valence-electron chi connectivity index (χ1n) is 9.86. The SMILES string of the molecule is CCc1ccccc1N=C(C)c1cccnc1.CCc1ccccc1N=[C](C)[Fe]. The van der Waals surface area contributed by atoms with Gasteiger partial charge in [-0.25, -0.2) is 0 Å². The average Bonchev–Trinajstić information content (AvgIpc) is 2.75. The van der Waals surface area contributed by atoms with Gasteiger partial charge in [0.1, 0.15) is 0 Å². The summed E-state index contributed by atoms with van der Waals surface area (Å²) in [5.74, 6) is 0. The molecule has 0 N–H and O–H groups in total. The molecule has 3 nitrogen and oxygen atoms in total. The summed E-state index contributed by atoms with van der Waals surface area (Å²) < 4.78 is 0.857. The number of benzene rings is 2. The molecule has 0 aliphatic heterocycles. The topological polar surface area (TPSA) is 37.6 Å². The standard InChI is InChI=1S/C15H16N2.C10H12N.Fe/c1-3-13-7-4-5-9-15(13)17-12(2)14-8-6-10-16-11-14;1-3-9-7-5-6-8-10(9)11-4-2;/h4-11H,3H2,1-2H3;5-8H,3H2,1-2H3;. The normalized spacial score (nSPS) is 11.6. The van der Waals surface area contributed by atoms with E-state index in [0.717, 1.165) is 40.1 Å². The first-order valence-corrected chi connectivity index (χ1v) is 10.4. The molecule has 0 aliphatic carbocycles. The number of aryl methyl sites for hydroxylation is 2. The van der Waals surface area contributed by atoms with Crippen molar-refractivity contribution in [3.63, 3.8) is 0 Å². The van der Waals surface area contributed by atoms with E-state index in [1.54, 1.807) is 6.20 Å². The molecule has 1 aromatic heterocycles. The molecule has 0 radical (unpaired) electrons. The van der Waals surface area contributed by atoms with E-state index in [9.17, 15) is 0 Å². The quantitative estimate of drug-likeness (QED) is 0.333. The molecule has 3 rings (SSSR count). The second-order valence-electron chi connectivity index (χ2n) is 6.49. The van der Waals surface area contributed by atoms with E-state index in [1.165, 1.54) is 11.1 Å². The van der Waals surface area contributed by atoms with Crippen molar-refractivity contribution in [2.24, 2.45) is 9.98 Å². The van der Waals surface area contributed by atoms with E-state index in [1.807, 2.05) is 56.4 Å². The molecule has 151 valence electrons. The third kappa shape index (κ3) is 7.41. The Morgan fingerprint density at radius 2 is 1.34 bits per heavy atom. The monoisotopic (exact) mass is 426 g/mol. The maximum atomic E-state index is 4.68. The summed E-state index contributed by atoms with van der Waals surface area (Å²) in [6, 6.07) is 20.4. The number of aliphatic imine (C=N–C) groups is 2. The molecule has 4 heteroatoms. The molecule has 0 bridgehead atoms. The molecule has 0 amide bonds. The van der Waals surface area contributed by atoms with Crippen LogP contribution in [0, 0.1) is 0 Å². The van der Waals surface area contributed by atoms with Gasteiger partial charge in [-0.1, -0.05) is 31.2 Å². The van der Waals surface area contributed by atoms with Gasteiger partial charge in [0, 0.05) is 23.7 Å². The summed E-state index contributed by atoms with van der Waals surface area (Å²) in [6.45, 7) is 8.20. The summed E-state index contributed by atoms with van der Waals surface area (Å²) in [7, 11) is 0. The van der Waals surface area contributed by atoms with Crippen LogP contribution < -0.4 is 0 Å². The van der Waals surface area contributed by atoms with E-state index in [0.29, 0.717) is 0 Å². The van der Waals surface area contributed by atoms with Crippen LogP contribution in [0.1, 0.15) is 44.4 Å². The summed E-state index contributed by atoms with van der Waals surface area (Å²) >= 11 is 3.76. The molecule has 0 saturated heterocycles. The summed E-state index contributed by atoms with van der Waals surface area (Å²) in [4.78, 5) is 13.1. The Morgan fingerprint density at radius 1 is 0.793 bits per heavy atom. The molecule has 2 aromatic carbocycles. The van der Waals surface area contributed by atoms with Gasteiger partial charge < -0.3 is 0 Å². The zero-order valence-electron chi connectivity index (χ0n) is 17.5. The second kappa shape index (κ2) is 12.1. The van der Waals surface area contributed by atoms with E-state index >= 15 is 0 Å². The van der Waals surface area contributed by atoms with Crippen LogP contribution in [0.5, 0.6) is 0 Å². The van der Waals surface area contributed by atoms with Gasteiger partial charge in [0.2, 0.25) is 0 Å². The summed E-state index contributed by atoms with van der Waals surface area (Å²) in [5.41, 5.74) is 6.72. The minimum absolute atomic E-state index is 0.857. The molecule has 0 fully saturated rings. The van der Waals surface area contributed by atoms with E-state index in [2.05, 4.69) is 69.1 Å². The third-order valence-electron chi connectivity index (χ3n) is 4.38. The van der Waals surface area contributed by atoms with Gasteiger partial charge in [-0.2, -0.15) is 0 Å². The number of aromatic nitrogens is 1. The molecular formula is C25H28FeN3. The zero-order valence-corrected chi connectivity index (χ0v) is 18.6. The average molecular weight is 426 g/mol. The maximum absolute atomic E-state index is 4.68. The summed E-state index contributed by atoms with van der Waals surface area (Å²) in [6.07, 6.45) is 5.64. The molecule has 0 aliphatic rings. The van der Waals surface area contributed by atoms with Crippen molar-refractivity contribution in [3.05, 3.63) is 89.7 Å². The number of rotatable bonds is 5.